The van der Waals surface area contributed by atoms with Crippen LogP contribution in [0.4, 0.5) is 4.39 Å². The van der Waals surface area contributed by atoms with Gasteiger partial charge in [0.2, 0.25) is 5.91 Å². The molecule has 0 bridgehead atoms. The molecule has 0 radical (unpaired) electrons. The molecular weight excluding hydrogens is 309 g/mol. The number of amides is 1. The number of piperidine rings is 1. The molecule has 5 nitrogen and oxygen atoms in total. The SMILES string of the molecule is CC1CNCCC1NC(=O)C(c1ccccc1F)N1CCOCC1. The Hall–Kier alpha value is -1.50. The second kappa shape index (κ2) is 8.05. The summed E-state index contributed by atoms with van der Waals surface area (Å²) < 4.78 is 19.7. The number of hydrogen-bond acceptors (Lipinski definition) is 4. The summed E-state index contributed by atoms with van der Waals surface area (Å²) in [6.45, 7) is 6.33. The van der Waals surface area contributed by atoms with Crippen LogP contribution in [0.5, 0.6) is 0 Å². The smallest absolute Gasteiger partial charge is 0.242 e. The van der Waals surface area contributed by atoms with Gasteiger partial charge in [-0.3, -0.25) is 9.69 Å². The van der Waals surface area contributed by atoms with E-state index in [4.69, 9.17) is 4.74 Å². The van der Waals surface area contributed by atoms with Gasteiger partial charge in [-0.15, -0.1) is 0 Å². The van der Waals surface area contributed by atoms with Gasteiger partial charge in [-0.2, -0.15) is 0 Å². The van der Waals surface area contributed by atoms with E-state index in [-0.39, 0.29) is 17.8 Å². The lowest BCUT2D eigenvalue weighted by Gasteiger charge is -2.36. The summed E-state index contributed by atoms with van der Waals surface area (Å²) in [4.78, 5) is 15.0. The maximum atomic E-state index is 14.4. The van der Waals surface area contributed by atoms with E-state index in [0.717, 1.165) is 19.5 Å². The summed E-state index contributed by atoms with van der Waals surface area (Å²) in [7, 11) is 0. The Morgan fingerprint density at radius 3 is 2.83 bits per heavy atom. The van der Waals surface area contributed by atoms with Crippen molar-refractivity contribution in [2.24, 2.45) is 5.92 Å². The van der Waals surface area contributed by atoms with Gasteiger partial charge in [0.05, 0.1) is 13.2 Å². The second-order valence-electron chi connectivity index (χ2n) is 6.66. The molecule has 1 aromatic carbocycles. The molecular formula is C18H26FN3O2. The number of carbonyl (C=O) groups excluding carboxylic acids is 1. The normalized spacial score (nSPS) is 26.8. The zero-order chi connectivity index (χ0) is 16.9. The highest BCUT2D eigenvalue weighted by molar-refractivity contribution is 5.83. The Balaban J connectivity index is 1.80. The molecule has 132 valence electrons. The standard InChI is InChI=1S/C18H26FN3O2/c1-13-12-20-7-6-16(13)21-18(23)17(22-8-10-24-11-9-22)14-4-2-3-5-15(14)19/h2-5,13,16-17,20H,6-12H2,1H3,(H,21,23). The van der Waals surface area contributed by atoms with Gasteiger partial charge in [0, 0.05) is 24.7 Å². The Kier molecular flexibility index (Phi) is 5.81. The van der Waals surface area contributed by atoms with Crippen molar-refractivity contribution < 1.29 is 13.9 Å². The summed E-state index contributed by atoms with van der Waals surface area (Å²) in [6, 6.07) is 6.10. The first-order chi connectivity index (χ1) is 11.7. The van der Waals surface area contributed by atoms with Crippen molar-refractivity contribution >= 4 is 5.91 Å². The van der Waals surface area contributed by atoms with E-state index in [9.17, 15) is 9.18 Å². The molecule has 0 aliphatic carbocycles. The molecule has 3 atom stereocenters. The quantitative estimate of drug-likeness (QED) is 0.871. The summed E-state index contributed by atoms with van der Waals surface area (Å²) in [6.07, 6.45) is 0.903. The zero-order valence-corrected chi connectivity index (χ0v) is 14.1. The van der Waals surface area contributed by atoms with Gasteiger partial charge in [0.15, 0.2) is 0 Å². The lowest BCUT2D eigenvalue weighted by Crippen LogP contribution is -2.52. The number of morpholine rings is 1. The Morgan fingerprint density at radius 1 is 1.38 bits per heavy atom. The van der Waals surface area contributed by atoms with Crippen molar-refractivity contribution in [2.75, 3.05) is 39.4 Å². The van der Waals surface area contributed by atoms with Crippen molar-refractivity contribution in [1.82, 2.24) is 15.5 Å². The zero-order valence-electron chi connectivity index (χ0n) is 14.1. The molecule has 6 heteroatoms. The molecule has 0 spiro atoms. The minimum atomic E-state index is -0.600. The van der Waals surface area contributed by atoms with Gasteiger partial charge >= 0.3 is 0 Å². The van der Waals surface area contributed by atoms with Gasteiger partial charge in [-0.05, 0) is 31.5 Å². The monoisotopic (exact) mass is 335 g/mol. The van der Waals surface area contributed by atoms with Crippen LogP contribution in [0.1, 0.15) is 24.9 Å². The Morgan fingerprint density at radius 2 is 2.12 bits per heavy atom. The lowest BCUT2D eigenvalue weighted by atomic mass is 9.94. The van der Waals surface area contributed by atoms with Crippen molar-refractivity contribution in [1.29, 1.82) is 0 Å². The fourth-order valence-corrected chi connectivity index (χ4v) is 3.53. The number of nitrogens with one attached hydrogen (secondary N) is 2. The first-order valence-electron chi connectivity index (χ1n) is 8.74. The van der Waals surface area contributed by atoms with Crippen LogP contribution in [0.15, 0.2) is 24.3 Å². The minimum Gasteiger partial charge on any atom is -0.379 e. The maximum Gasteiger partial charge on any atom is 0.242 e. The third-order valence-electron chi connectivity index (χ3n) is 4.97. The maximum absolute atomic E-state index is 14.4. The van der Waals surface area contributed by atoms with Crippen LogP contribution in [-0.4, -0.2) is 56.2 Å². The molecule has 2 heterocycles. The number of rotatable bonds is 4. The van der Waals surface area contributed by atoms with Crippen LogP contribution in [0.3, 0.4) is 0 Å². The largest absolute Gasteiger partial charge is 0.379 e. The van der Waals surface area contributed by atoms with E-state index in [2.05, 4.69) is 17.6 Å². The fraction of sp³-hybridized carbons (Fsp3) is 0.611. The Bertz CT molecular complexity index is 563. The molecule has 3 rings (SSSR count). The number of benzene rings is 1. The molecule has 2 fully saturated rings. The summed E-state index contributed by atoms with van der Waals surface area (Å²) in [5.41, 5.74) is 0.443. The summed E-state index contributed by atoms with van der Waals surface area (Å²) in [5, 5.41) is 6.50. The first kappa shape index (κ1) is 17.3. The third-order valence-corrected chi connectivity index (χ3v) is 4.97. The van der Waals surface area contributed by atoms with E-state index in [0.29, 0.717) is 37.8 Å². The third kappa shape index (κ3) is 3.94. The van der Waals surface area contributed by atoms with Crippen molar-refractivity contribution in [2.45, 2.75) is 25.4 Å². The van der Waals surface area contributed by atoms with Crippen molar-refractivity contribution in [3.8, 4) is 0 Å². The van der Waals surface area contributed by atoms with Crippen LogP contribution in [0.25, 0.3) is 0 Å². The predicted molar refractivity (Wildman–Crippen MR) is 90.1 cm³/mol. The number of ether oxygens (including phenoxy) is 1. The van der Waals surface area contributed by atoms with Gasteiger partial charge in [0.1, 0.15) is 11.9 Å². The van der Waals surface area contributed by atoms with E-state index < -0.39 is 6.04 Å². The van der Waals surface area contributed by atoms with Crippen LogP contribution < -0.4 is 10.6 Å². The molecule has 24 heavy (non-hydrogen) atoms. The van der Waals surface area contributed by atoms with Crippen molar-refractivity contribution in [3.05, 3.63) is 35.6 Å². The number of carbonyl (C=O) groups is 1. The number of hydrogen-bond donors (Lipinski definition) is 2. The molecule has 2 aliphatic heterocycles. The van der Waals surface area contributed by atoms with Crippen LogP contribution in [0.2, 0.25) is 0 Å². The average Bonchev–Trinajstić information content (AvgIpc) is 2.60. The van der Waals surface area contributed by atoms with Crippen LogP contribution in [0, 0.1) is 11.7 Å². The highest BCUT2D eigenvalue weighted by atomic mass is 19.1. The van der Waals surface area contributed by atoms with Crippen molar-refractivity contribution in [3.63, 3.8) is 0 Å². The van der Waals surface area contributed by atoms with E-state index >= 15 is 0 Å². The molecule has 1 aromatic rings. The van der Waals surface area contributed by atoms with Gasteiger partial charge in [-0.1, -0.05) is 25.1 Å². The second-order valence-corrected chi connectivity index (χ2v) is 6.66. The fourth-order valence-electron chi connectivity index (χ4n) is 3.53. The van der Waals surface area contributed by atoms with E-state index in [1.165, 1.54) is 6.07 Å². The first-order valence-corrected chi connectivity index (χ1v) is 8.74. The van der Waals surface area contributed by atoms with Gasteiger partial charge in [-0.25, -0.2) is 4.39 Å². The van der Waals surface area contributed by atoms with Crippen LogP contribution in [-0.2, 0) is 9.53 Å². The topological polar surface area (TPSA) is 53.6 Å². The minimum absolute atomic E-state index is 0.110. The summed E-state index contributed by atoms with van der Waals surface area (Å²) in [5.74, 6) is -0.0723. The van der Waals surface area contributed by atoms with Gasteiger partial charge in [0.25, 0.3) is 0 Å². The number of halogens is 1. The van der Waals surface area contributed by atoms with E-state index in [1.54, 1.807) is 18.2 Å². The van der Waals surface area contributed by atoms with Crippen LogP contribution >= 0.6 is 0 Å². The highest BCUT2D eigenvalue weighted by Gasteiger charge is 2.33. The molecule has 0 saturated carbocycles. The molecule has 2 N–H and O–H groups in total. The molecule has 0 aromatic heterocycles. The predicted octanol–water partition coefficient (Wildman–Crippen LogP) is 1.31. The molecule has 2 saturated heterocycles. The lowest BCUT2D eigenvalue weighted by molar-refractivity contribution is -0.129. The summed E-state index contributed by atoms with van der Waals surface area (Å²) >= 11 is 0. The molecule has 2 aliphatic rings. The van der Waals surface area contributed by atoms with E-state index in [1.807, 2.05) is 4.90 Å². The molecule has 1 amide bonds. The average molecular weight is 335 g/mol. The number of nitrogens with zero attached hydrogens (tertiary/aromatic N) is 1. The molecule has 3 unspecified atom stereocenters. The van der Waals surface area contributed by atoms with Gasteiger partial charge < -0.3 is 15.4 Å². The highest BCUT2D eigenvalue weighted by Crippen LogP contribution is 2.25. The Labute approximate surface area is 142 Å².